The highest BCUT2D eigenvalue weighted by molar-refractivity contribution is 6.07. The average Bonchev–Trinajstić information content (AvgIpc) is 2.86. The third kappa shape index (κ3) is 1.95. The van der Waals surface area contributed by atoms with Gasteiger partial charge in [0.2, 0.25) is 5.91 Å². The summed E-state index contributed by atoms with van der Waals surface area (Å²) in [4.78, 5) is 36.9. The van der Waals surface area contributed by atoms with Gasteiger partial charge in [-0.3, -0.25) is 14.9 Å². The second kappa shape index (κ2) is 4.59. The first-order valence-corrected chi connectivity index (χ1v) is 6.44. The highest BCUT2D eigenvalue weighted by Gasteiger charge is 2.51. The van der Waals surface area contributed by atoms with Crippen molar-refractivity contribution in [1.82, 2.24) is 15.5 Å². The van der Waals surface area contributed by atoms with Gasteiger partial charge in [0.1, 0.15) is 5.54 Å². The van der Waals surface area contributed by atoms with Crippen molar-refractivity contribution in [3.8, 4) is 0 Å². The molecular formula is C12H19N3O3. The number of hydrogen-bond donors (Lipinski definition) is 2. The van der Waals surface area contributed by atoms with Gasteiger partial charge in [-0.25, -0.2) is 4.79 Å². The van der Waals surface area contributed by atoms with Gasteiger partial charge in [0.05, 0.1) is 6.54 Å². The minimum atomic E-state index is -0.890. The first kappa shape index (κ1) is 12.9. The van der Waals surface area contributed by atoms with Gasteiger partial charge in [-0.15, -0.1) is 0 Å². The Kier molecular flexibility index (Phi) is 3.28. The fourth-order valence-corrected chi connectivity index (χ4v) is 2.71. The number of hydrogen-bond acceptors (Lipinski definition) is 3. The largest absolute Gasteiger partial charge is 0.339 e. The fourth-order valence-electron chi connectivity index (χ4n) is 2.71. The predicted octanol–water partition coefficient (Wildman–Crippen LogP) is 0.233. The molecule has 4 amide bonds. The minimum absolute atomic E-state index is 0.0142. The lowest BCUT2D eigenvalue weighted by molar-refractivity contribution is -0.135. The minimum Gasteiger partial charge on any atom is -0.339 e. The van der Waals surface area contributed by atoms with Crippen LogP contribution in [0.2, 0.25) is 0 Å². The first-order chi connectivity index (χ1) is 8.52. The van der Waals surface area contributed by atoms with Crippen LogP contribution in [0.5, 0.6) is 0 Å². The van der Waals surface area contributed by atoms with Crippen molar-refractivity contribution in [3.63, 3.8) is 0 Å². The fraction of sp³-hybridized carbons (Fsp3) is 0.750. The molecule has 2 N–H and O–H groups in total. The Balaban J connectivity index is 2.06. The van der Waals surface area contributed by atoms with E-state index >= 15 is 0 Å². The van der Waals surface area contributed by atoms with E-state index in [4.69, 9.17) is 0 Å². The molecule has 1 spiro atoms. The molecule has 1 atom stereocenters. The summed E-state index contributed by atoms with van der Waals surface area (Å²) in [5.74, 6) is -0.210. The van der Waals surface area contributed by atoms with Gasteiger partial charge >= 0.3 is 6.03 Å². The number of nitrogens with one attached hydrogen (secondary N) is 2. The molecule has 6 heteroatoms. The molecule has 100 valence electrons. The van der Waals surface area contributed by atoms with E-state index in [2.05, 4.69) is 10.6 Å². The first-order valence-electron chi connectivity index (χ1n) is 6.44. The van der Waals surface area contributed by atoms with E-state index in [0.29, 0.717) is 19.5 Å². The van der Waals surface area contributed by atoms with Crippen molar-refractivity contribution in [2.45, 2.75) is 38.6 Å². The lowest BCUT2D eigenvalue weighted by Crippen LogP contribution is -2.50. The molecule has 0 aliphatic carbocycles. The zero-order chi connectivity index (χ0) is 13.3. The van der Waals surface area contributed by atoms with Crippen LogP contribution in [0.15, 0.2) is 0 Å². The summed E-state index contributed by atoms with van der Waals surface area (Å²) in [6.45, 7) is 4.80. The Morgan fingerprint density at radius 1 is 1.39 bits per heavy atom. The van der Waals surface area contributed by atoms with E-state index < -0.39 is 11.6 Å². The Labute approximate surface area is 106 Å². The van der Waals surface area contributed by atoms with E-state index in [1.54, 1.807) is 4.90 Å². The Bertz CT molecular complexity index is 392. The SMILES string of the molecule is CCC(CC)C(=O)N1CCC2(C1)NC(=O)NC2=O. The lowest BCUT2D eigenvalue weighted by Gasteiger charge is -2.24. The van der Waals surface area contributed by atoms with Gasteiger partial charge in [0.15, 0.2) is 0 Å². The molecule has 18 heavy (non-hydrogen) atoms. The number of urea groups is 1. The Morgan fingerprint density at radius 3 is 2.56 bits per heavy atom. The second-order valence-corrected chi connectivity index (χ2v) is 5.01. The van der Waals surface area contributed by atoms with Crippen molar-refractivity contribution < 1.29 is 14.4 Å². The second-order valence-electron chi connectivity index (χ2n) is 5.01. The average molecular weight is 253 g/mol. The molecule has 2 heterocycles. The number of imide groups is 1. The van der Waals surface area contributed by atoms with E-state index in [0.717, 1.165) is 12.8 Å². The third-order valence-electron chi connectivity index (χ3n) is 3.93. The van der Waals surface area contributed by atoms with Gasteiger partial charge in [0, 0.05) is 12.5 Å². The molecule has 0 bridgehead atoms. The number of nitrogens with zero attached hydrogens (tertiary/aromatic N) is 1. The van der Waals surface area contributed by atoms with Crippen molar-refractivity contribution in [1.29, 1.82) is 0 Å². The van der Waals surface area contributed by atoms with Crippen LogP contribution in [-0.2, 0) is 9.59 Å². The Morgan fingerprint density at radius 2 is 2.06 bits per heavy atom. The van der Waals surface area contributed by atoms with E-state index in [9.17, 15) is 14.4 Å². The Hall–Kier alpha value is -1.59. The van der Waals surface area contributed by atoms with E-state index in [1.165, 1.54) is 0 Å². The van der Waals surface area contributed by atoms with Crippen molar-refractivity contribution >= 4 is 17.8 Å². The zero-order valence-corrected chi connectivity index (χ0v) is 10.8. The molecule has 2 aliphatic rings. The summed E-state index contributed by atoms with van der Waals surface area (Å²) in [5, 5.41) is 4.88. The monoisotopic (exact) mass is 253 g/mol. The van der Waals surface area contributed by atoms with E-state index in [-0.39, 0.29) is 17.7 Å². The third-order valence-corrected chi connectivity index (χ3v) is 3.93. The van der Waals surface area contributed by atoms with Gasteiger partial charge in [-0.2, -0.15) is 0 Å². The van der Waals surface area contributed by atoms with Gasteiger partial charge in [-0.1, -0.05) is 13.8 Å². The lowest BCUT2D eigenvalue weighted by atomic mass is 9.99. The molecule has 0 saturated carbocycles. The number of amides is 4. The highest BCUT2D eigenvalue weighted by Crippen LogP contribution is 2.26. The highest BCUT2D eigenvalue weighted by atomic mass is 16.2. The van der Waals surface area contributed by atoms with Crippen LogP contribution < -0.4 is 10.6 Å². The zero-order valence-electron chi connectivity index (χ0n) is 10.8. The maximum absolute atomic E-state index is 12.2. The molecule has 2 saturated heterocycles. The standard InChI is InChI=1S/C12H19N3O3/c1-3-8(4-2)9(16)15-6-5-12(7-15)10(17)13-11(18)14-12/h8H,3-7H2,1-2H3,(H2,13,14,17,18). The quantitative estimate of drug-likeness (QED) is 0.707. The summed E-state index contributed by atoms with van der Waals surface area (Å²) >= 11 is 0. The van der Waals surface area contributed by atoms with Crippen LogP contribution in [0.1, 0.15) is 33.1 Å². The maximum Gasteiger partial charge on any atom is 0.322 e. The van der Waals surface area contributed by atoms with Crippen molar-refractivity contribution in [2.24, 2.45) is 5.92 Å². The summed E-state index contributed by atoms with van der Waals surface area (Å²) in [5.41, 5.74) is -0.890. The van der Waals surface area contributed by atoms with Crippen LogP contribution in [0, 0.1) is 5.92 Å². The molecule has 2 fully saturated rings. The molecular weight excluding hydrogens is 234 g/mol. The molecule has 0 radical (unpaired) electrons. The molecule has 6 nitrogen and oxygen atoms in total. The van der Waals surface area contributed by atoms with Crippen LogP contribution >= 0.6 is 0 Å². The summed E-state index contributed by atoms with van der Waals surface area (Å²) in [6, 6.07) is -0.461. The molecule has 0 aromatic carbocycles. The number of rotatable bonds is 3. The number of likely N-dealkylation sites (tertiary alicyclic amines) is 1. The van der Waals surface area contributed by atoms with Crippen molar-refractivity contribution in [2.75, 3.05) is 13.1 Å². The van der Waals surface area contributed by atoms with Gasteiger partial charge in [-0.05, 0) is 19.3 Å². The molecule has 0 aromatic heterocycles. The molecule has 2 rings (SSSR count). The predicted molar refractivity (Wildman–Crippen MR) is 64.7 cm³/mol. The number of carbonyl (C=O) groups is 3. The van der Waals surface area contributed by atoms with Crippen LogP contribution in [0.25, 0.3) is 0 Å². The van der Waals surface area contributed by atoms with Crippen LogP contribution in [0.3, 0.4) is 0 Å². The number of carbonyl (C=O) groups excluding carboxylic acids is 3. The summed E-state index contributed by atoms with van der Waals surface area (Å²) < 4.78 is 0. The maximum atomic E-state index is 12.2. The molecule has 1 unspecified atom stereocenters. The van der Waals surface area contributed by atoms with Gasteiger partial charge < -0.3 is 10.2 Å². The topological polar surface area (TPSA) is 78.5 Å². The summed E-state index contributed by atoms with van der Waals surface area (Å²) in [6.07, 6.45) is 2.10. The van der Waals surface area contributed by atoms with Crippen molar-refractivity contribution in [3.05, 3.63) is 0 Å². The normalized spacial score (nSPS) is 26.9. The smallest absolute Gasteiger partial charge is 0.322 e. The molecule has 2 aliphatic heterocycles. The summed E-state index contributed by atoms with van der Waals surface area (Å²) in [7, 11) is 0. The van der Waals surface area contributed by atoms with E-state index in [1.807, 2.05) is 13.8 Å². The molecule has 0 aromatic rings. The van der Waals surface area contributed by atoms with Crippen LogP contribution in [0.4, 0.5) is 4.79 Å². The van der Waals surface area contributed by atoms with Gasteiger partial charge in [0.25, 0.3) is 5.91 Å². The van der Waals surface area contributed by atoms with Crippen LogP contribution in [-0.4, -0.2) is 41.4 Å².